The van der Waals surface area contributed by atoms with E-state index in [1.807, 2.05) is 36.4 Å². The maximum atomic E-state index is 12.4. The van der Waals surface area contributed by atoms with Crippen molar-refractivity contribution in [1.82, 2.24) is 4.90 Å². The maximum Gasteiger partial charge on any atom is 0.339 e. The Labute approximate surface area is 172 Å². The normalized spacial score (nSPS) is 14.0. The summed E-state index contributed by atoms with van der Waals surface area (Å²) in [6.45, 7) is 2.45. The van der Waals surface area contributed by atoms with E-state index in [0.29, 0.717) is 18.7 Å². The number of piperazine rings is 1. The van der Waals surface area contributed by atoms with Gasteiger partial charge in [-0.1, -0.05) is 12.1 Å². The summed E-state index contributed by atoms with van der Waals surface area (Å²) >= 11 is 2.08. The van der Waals surface area contributed by atoms with Crippen LogP contribution in [0.4, 0.5) is 5.69 Å². The van der Waals surface area contributed by atoms with Gasteiger partial charge in [0.2, 0.25) is 0 Å². The minimum atomic E-state index is -0.467. The molecule has 1 aliphatic heterocycles. The number of hydrogen-bond donors (Lipinski definition) is 0. The molecule has 0 unspecified atom stereocenters. The largest absolute Gasteiger partial charge is 0.497 e. The van der Waals surface area contributed by atoms with E-state index in [1.54, 1.807) is 24.1 Å². The number of carbonyl (C=O) groups is 2. The third-order valence-electron chi connectivity index (χ3n) is 4.49. The fourth-order valence-electron chi connectivity index (χ4n) is 2.93. The average molecular weight is 480 g/mol. The fraction of sp³-hybridized carbons (Fsp3) is 0.300. The van der Waals surface area contributed by atoms with E-state index < -0.39 is 5.97 Å². The van der Waals surface area contributed by atoms with Gasteiger partial charge in [-0.3, -0.25) is 4.79 Å². The van der Waals surface area contributed by atoms with Crippen LogP contribution in [0.2, 0.25) is 0 Å². The fourth-order valence-corrected chi connectivity index (χ4v) is 3.54. The summed E-state index contributed by atoms with van der Waals surface area (Å²) in [6.07, 6.45) is 0. The first kappa shape index (κ1) is 19.5. The molecule has 1 aliphatic rings. The highest BCUT2D eigenvalue weighted by Gasteiger charge is 2.22. The molecule has 0 N–H and O–H groups in total. The molecular formula is C20H21IN2O4. The highest BCUT2D eigenvalue weighted by molar-refractivity contribution is 14.1. The molecule has 7 heteroatoms. The molecule has 0 radical (unpaired) electrons. The number of rotatable bonds is 5. The summed E-state index contributed by atoms with van der Waals surface area (Å²) in [4.78, 5) is 28.4. The average Bonchev–Trinajstić information content (AvgIpc) is 2.72. The molecule has 0 atom stereocenters. The van der Waals surface area contributed by atoms with Crippen LogP contribution in [0.3, 0.4) is 0 Å². The predicted octanol–water partition coefficient (Wildman–Crippen LogP) is 2.81. The van der Waals surface area contributed by atoms with E-state index >= 15 is 0 Å². The van der Waals surface area contributed by atoms with Crippen LogP contribution < -0.4 is 9.64 Å². The minimum Gasteiger partial charge on any atom is -0.497 e. The summed E-state index contributed by atoms with van der Waals surface area (Å²) in [5, 5.41) is 0. The van der Waals surface area contributed by atoms with Crippen LogP contribution in [0.25, 0.3) is 0 Å². The molecule has 1 heterocycles. The van der Waals surface area contributed by atoms with Gasteiger partial charge >= 0.3 is 5.97 Å². The Morgan fingerprint density at radius 2 is 1.67 bits per heavy atom. The standard InChI is InChI=1S/C20H21IN2O4/c1-26-16-8-6-15(7-9-16)22-10-12-23(13-11-22)19(24)14-27-20(25)17-4-2-3-5-18(17)21/h2-9H,10-14H2,1H3. The monoisotopic (exact) mass is 480 g/mol. The number of carbonyl (C=O) groups excluding carboxylic acids is 2. The predicted molar refractivity (Wildman–Crippen MR) is 111 cm³/mol. The van der Waals surface area contributed by atoms with Crippen molar-refractivity contribution in [2.24, 2.45) is 0 Å². The Kier molecular flexibility index (Phi) is 6.54. The Morgan fingerprint density at radius 3 is 2.30 bits per heavy atom. The highest BCUT2D eigenvalue weighted by atomic mass is 127. The Bertz CT molecular complexity index is 802. The number of methoxy groups -OCH3 is 1. The molecule has 0 spiro atoms. The van der Waals surface area contributed by atoms with Gasteiger partial charge in [0.05, 0.1) is 12.7 Å². The molecule has 0 aliphatic carbocycles. The number of ether oxygens (including phenoxy) is 2. The minimum absolute atomic E-state index is 0.163. The van der Waals surface area contributed by atoms with Crippen molar-refractivity contribution in [2.45, 2.75) is 0 Å². The maximum absolute atomic E-state index is 12.4. The van der Waals surface area contributed by atoms with Crippen molar-refractivity contribution in [3.8, 4) is 5.75 Å². The van der Waals surface area contributed by atoms with E-state index in [-0.39, 0.29) is 12.5 Å². The first-order chi connectivity index (χ1) is 13.1. The number of nitrogens with zero attached hydrogens (tertiary/aromatic N) is 2. The molecule has 0 bridgehead atoms. The van der Waals surface area contributed by atoms with Crippen LogP contribution >= 0.6 is 22.6 Å². The second-order valence-corrected chi connectivity index (χ2v) is 7.28. The van der Waals surface area contributed by atoms with Crippen molar-refractivity contribution < 1.29 is 19.1 Å². The summed E-state index contributed by atoms with van der Waals surface area (Å²) in [5.74, 6) is 0.191. The summed E-state index contributed by atoms with van der Waals surface area (Å²) in [7, 11) is 1.64. The van der Waals surface area contributed by atoms with Crippen LogP contribution in [0.15, 0.2) is 48.5 Å². The molecule has 0 saturated carbocycles. The van der Waals surface area contributed by atoms with Gasteiger partial charge in [0, 0.05) is 35.4 Å². The van der Waals surface area contributed by atoms with Crippen LogP contribution in [0, 0.1) is 3.57 Å². The zero-order chi connectivity index (χ0) is 19.2. The van der Waals surface area contributed by atoms with Gasteiger partial charge in [-0.05, 0) is 59.0 Å². The lowest BCUT2D eigenvalue weighted by atomic mass is 10.2. The van der Waals surface area contributed by atoms with Gasteiger partial charge in [-0.2, -0.15) is 0 Å². The molecule has 6 nitrogen and oxygen atoms in total. The van der Waals surface area contributed by atoms with Crippen LogP contribution in [-0.4, -0.2) is 56.7 Å². The van der Waals surface area contributed by atoms with E-state index in [4.69, 9.17) is 9.47 Å². The molecule has 1 amide bonds. The van der Waals surface area contributed by atoms with Gasteiger partial charge < -0.3 is 19.3 Å². The van der Waals surface area contributed by atoms with Gasteiger partial charge in [-0.25, -0.2) is 4.79 Å². The van der Waals surface area contributed by atoms with E-state index in [2.05, 4.69) is 27.5 Å². The molecule has 27 heavy (non-hydrogen) atoms. The van der Waals surface area contributed by atoms with Gasteiger partial charge in [-0.15, -0.1) is 0 Å². The number of benzene rings is 2. The van der Waals surface area contributed by atoms with Crippen LogP contribution in [0.5, 0.6) is 5.75 Å². The number of anilines is 1. The van der Waals surface area contributed by atoms with E-state index in [1.165, 1.54) is 0 Å². The number of hydrogen-bond acceptors (Lipinski definition) is 5. The smallest absolute Gasteiger partial charge is 0.339 e. The zero-order valence-electron chi connectivity index (χ0n) is 15.1. The SMILES string of the molecule is COc1ccc(N2CCN(C(=O)COC(=O)c3ccccc3I)CC2)cc1. The Hall–Kier alpha value is -2.29. The van der Waals surface area contributed by atoms with Crippen molar-refractivity contribution in [1.29, 1.82) is 0 Å². The quantitative estimate of drug-likeness (QED) is 0.487. The van der Waals surface area contributed by atoms with Crippen molar-refractivity contribution in [3.63, 3.8) is 0 Å². The lowest BCUT2D eigenvalue weighted by Crippen LogP contribution is -2.49. The Morgan fingerprint density at radius 1 is 1.00 bits per heavy atom. The number of amides is 1. The molecule has 2 aromatic rings. The second kappa shape index (κ2) is 9.07. The summed E-state index contributed by atoms with van der Waals surface area (Å²) in [5.41, 5.74) is 1.59. The molecule has 2 aromatic carbocycles. The third-order valence-corrected chi connectivity index (χ3v) is 5.43. The van der Waals surface area contributed by atoms with Gasteiger partial charge in [0.15, 0.2) is 6.61 Å². The van der Waals surface area contributed by atoms with Gasteiger partial charge in [0.25, 0.3) is 5.91 Å². The summed E-state index contributed by atoms with van der Waals surface area (Å²) in [6, 6.07) is 15.0. The van der Waals surface area contributed by atoms with E-state index in [0.717, 1.165) is 28.1 Å². The first-order valence-electron chi connectivity index (χ1n) is 8.67. The molecule has 1 saturated heterocycles. The number of halogens is 1. The first-order valence-corrected chi connectivity index (χ1v) is 9.75. The third kappa shape index (κ3) is 4.91. The van der Waals surface area contributed by atoms with Crippen LogP contribution in [-0.2, 0) is 9.53 Å². The van der Waals surface area contributed by atoms with Crippen molar-refractivity contribution in [3.05, 3.63) is 57.7 Å². The van der Waals surface area contributed by atoms with Crippen molar-refractivity contribution >= 4 is 40.2 Å². The summed E-state index contributed by atoms with van der Waals surface area (Å²) < 4.78 is 11.2. The molecule has 142 valence electrons. The molecule has 3 rings (SSSR count). The zero-order valence-corrected chi connectivity index (χ0v) is 17.2. The van der Waals surface area contributed by atoms with Crippen LogP contribution in [0.1, 0.15) is 10.4 Å². The van der Waals surface area contributed by atoms with Gasteiger partial charge in [0.1, 0.15) is 5.75 Å². The lowest BCUT2D eigenvalue weighted by molar-refractivity contribution is -0.134. The lowest BCUT2D eigenvalue weighted by Gasteiger charge is -2.36. The molecule has 1 fully saturated rings. The number of esters is 1. The Balaban J connectivity index is 1.48. The topological polar surface area (TPSA) is 59.1 Å². The highest BCUT2D eigenvalue weighted by Crippen LogP contribution is 2.20. The van der Waals surface area contributed by atoms with Crippen molar-refractivity contribution in [2.75, 3.05) is 44.8 Å². The second-order valence-electron chi connectivity index (χ2n) is 6.12. The molecule has 0 aromatic heterocycles. The van der Waals surface area contributed by atoms with E-state index in [9.17, 15) is 9.59 Å². The molecular weight excluding hydrogens is 459 g/mol.